The Morgan fingerprint density at radius 1 is 1.17 bits per heavy atom. The highest BCUT2D eigenvalue weighted by Gasteiger charge is 2.19. The van der Waals surface area contributed by atoms with E-state index in [1.807, 2.05) is 0 Å². The predicted molar refractivity (Wildman–Crippen MR) is 111 cm³/mol. The summed E-state index contributed by atoms with van der Waals surface area (Å²) in [6.45, 7) is 3.43. The molecule has 0 radical (unpaired) electrons. The number of rotatable bonds is 6. The number of amides is 1. The molecule has 0 unspecified atom stereocenters. The molecule has 0 saturated carbocycles. The van der Waals surface area contributed by atoms with Gasteiger partial charge in [0.25, 0.3) is 11.6 Å². The lowest BCUT2D eigenvalue weighted by Gasteiger charge is -2.34. The van der Waals surface area contributed by atoms with Crippen molar-refractivity contribution in [3.8, 4) is 5.75 Å². The van der Waals surface area contributed by atoms with Crippen LogP contribution in [0.1, 0.15) is 15.9 Å². The lowest BCUT2D eigenvalue weighted by atomic mass is 10.1. The Labute approximate surface area is 168 Å². The van der Waals surface area contributed by atoms with Crippen molar-refractivity contribution in [1.29, 1.82) is 0 Å². The standard InChI is InChI=1S/C20H23N5O4/c1-23-9-11-24(12-10-23)19-8-5-17(25(27)28)13-16(19)14-21-22-20(26)15-3-6-18(29-2)7-4-15/h3-8,13-14H,9-12H2,1-2H3,(H,22,26)/b21-14-. The van der Waals surface area contributed by atoms with E-state index in [1.165, 1.54) is 18.3 Å². The van der Waals surface area contributed by atoms with Gasteiger partial charge >= 0.3 is 0 Å². The summed E-state index contributed by atoms with van der Waals surface area (Å²) in [6, 6.07) is 11.3. The Hall–Kier alpha value is -3.46. The van der Waals surface area contributed by atoms with Gasteiger partial charge in [-0.15, -0.1) is 0 Å². The number of nitrogens with one attached hydrogen (secondary N) is 1. The predicted octanol–water partition coefficient (Wildman–Crippen LogP) is 2.12. The van der Waals surface area contributed by atoms with Crippen LogP contribution in [-0.4, -0.2) is 62.3 Å². The summed E-state index contributed by atoms with van der Waals surface area (Å²) in [5, 5.41) is 15.2. The fourth-order valence-electron chi connectivity index (χ4n) is 3.06. The first-order chi connectivity index (χ1) is 14.0. The van der Waals surface area contributed by atoms with E-state index in [0.717, 1.165) is 31.9 Å². The maximum absolute atomic E-state index is 12.2. The lowest BCUT2D eigenvalue weighted by molar-refractivity contribution is -0.384. The van der Waals surface area contributed by atoms with Crippen LogP contribution in [0, 0.1) is 10.1 Å². The SMILES string of the molecule is COc1ccc(C(=O)N/N=C\c2cc([N+](=O)[O-])ccc2N2CCN(C)CC2)cc1. The Bertz CT molecular complexity index is 906. The number of hydrogen-bond donors (Lipinski definition) is 1. The molecular formula is C20H23N5O4. The van der Waals surface area contributed by atoms with Crippen LogP contribution in [0.5, 0.6) is 5.75 Å². The zero-order chi connectivity index (χ0) is 20.8. The zero-order valence-electron chi connectivity index (χ0n) is 16.4. The number of non-ortho nitro benzene ring substituents is 1. The van der Waals surface area contributed by atoms with Crippen molar-refractivity contribution in [2.45, 2.75) is 0 Å². The molecule has 0 bridgehead atoms. The average molecular weight is 397 g/mol. The number of nitrogens with zero attached hydrogens (tertiary/aromatic N) is 4. The normalized spacial score (nSPS) is 14.8. The number of nitro benzene ring substituents is 1. The highest BCUT2D eigenvalue weighted by molar-refractivity contribution is 5.96. The molecule has 2 aromatic rings. The Morgan fingerprint density at radius 2 is 1.86 bits per heavy atom. The molecule has 29 heavy (non-hydrogen) atoms. The number of nitro groups is 1. The summed E-state index contributed by atoms with van der Waals surface area (Å²) in [4.78, 5) is 27.4. The van der Waals surface area contributed by atoms with Crippen LogP contribution < -0.4 is 15.1 Å². The van der Waals surface area contributed by atoms with Crippen LogP contribution in [0.15, 0.2) is 47.6 Å². The molecule has 0 spiro atoms. The van der Waals surface area contributed by atoms with Gasteiger partial charge in [0.2, 0.25) is 0 Å². The summed E-state index contributed by atoms with van der Waals surface area (Å²) in [5.74, 6) is 0.272. The molecule has 1 amide bonds. The van der Waals surface area contributed by atoms with E-state index in [9.17, 15) is 14.9 Å². The van der Waals surface area contributed by atoms with Gasteiger partial charge in [0.1, 0.15) is 5.75 Å². The van der Waals surface area contributed by atoms with E-state index in [0.29, 0.717) is 16.9 Å². The summed E-state index contributed by atoms with van der Waals surface area (Å²) < 4.78 is 5.07. The van der Waals surface area contributed by atoms with Crippen molar-refractivity contribution < 1.29 is 14.5 Å². The number of carbonyl (C=O) groups excluding carboxylic acids is 1. The van der Waals surface area contributed by atoms with E-state index in [-0.39, 0.29) is 11.6 Å². The molecule has 152 valence electrons. The van der Waals surface area contributed by atoms with Crippen molar-refractivity contribution >= 4 is 23.5 Å². The Morgan fingerprint density at radius 3 is 2.48 bits per heavy atom. The molecule has 1 saturated heterocycles. The number of carbonyl (C=O) groups is 1. The van der Waals surface area contributed by atoms with Crippen LogP contribution in [0.25, 0.3) is 0 Å². The molecule has 1 aliphatic rings. The molecule has 1 heterocycles. The minimum Gasteiger partial charge on any atom is -0.497 e. The van der Waals surface area contributed by atoms with Crippen molar-refractivity contribution in [2.24, 2.45) is 5.10 Å². The quantitative estimate of drug-likeness (QED) is 0.455. The molecule has 0 aliphatic carbocycles. The summed E-state index contributed by atoms with van der Waals surface area (Å²) in [7, 11) is 3.61. The zero-order valence-corrected chi connectivity index (χ0v) is 16.4. The maximum Gasteiger partial charge on any atom is 0.271 e. The third-order valence-electron chi connectivity index (χ3n) is 4.79. The first-order valence-electron chi connectivity index (χ1n) is 9.17. The van der Waals surface area contributed by atoms with Crippen molar-refractivity contribution in [3.63, 3.8) is 0 Å². The van der Waals surface area contributed by atoms with Crippen LogP contribution in [-0.2, 0) is 0 Å². The van der Waals surface area contributed by atoms with Gasteiger partial charge in [-0.2, -0.15) is 5.10 Å². The second-order valence-corrected chi connectivity index (χ2v) is 6.72. The summed E-state index contributed by atoms with van der Waals surface area (Å²) in [5.41, 5.74) is 4.31. The molecule has 9 heteroatoms. The highest BCUT2D eigenvalue weighted by Crippen LogP contribution is 2.25. The lowest BCUT2D eigenvalue weighted by Crippen LogP contribution is -2.44. The van der Waals surface area contributed by atoms with Gasteiger partial charge in [-0.25, -0.2) is 5.43 Å². The number of anilines is 1. The van der Waals surface area contributed by atoms with Crippen LogP contribution in [0.2, 0.25) is 0 Å². The van der Waals surface area contributed by atoms with Crippen LogP contribution in [0.4, 0.5) is 11.4 Å². The molecule has 0 aromatic heterocycles. The number of ether oxygens (including phenoxy) is 1. The molecule has 0 atom stereocenters. The molecule has 1 N–H and O–H groups in total. The second kappa shape index (κ2) is 9.16. The van der Waals surface area contributed by atoms with Crippen molar-refractivity contribution in [2.75, 3.05) is 45.2 Å². The number of piperazine rings is 1. The molecule has 2 aromatic carbocycles. The first kappa shape index (κ1) is 20.3. The number of benzene rings is 2. The minimum atomic E-state index is -0.443. The van der Waals surface area contributed by atoms with E-state index >= 15 is 0 Å². The van der Waals surface area contributed by atoms with Gasteiger partial charge in [-0.1, -0.05) is 0 Å². The van der Waals surface area contributed by atoms with Gasteiger partial charge in [0.15, 0.2) is 0 Å². The van der Waals surface area contributed by atoms with Crippen LogP contribution >= 0.6 is 0 Å². The third-order valence-corrected chi connectivity index (χ3v) is 4.79. The average Bonchev–Trinajstić information content (AvgIpc) is 2.74. The van der Waals surface area contributed by atoms with Gasteiger partial charge in [-0.3, -0.25) is 14.9 Å². The van der Waals surface area contributed by atoms with E-state index in [2.05, 4.69) is 27.4 Å². The number of hydrogen-bond acceptors (Lipinski definition) is 7. The van der Waals surface area contributed by atoms with Crippen molar-refractivity contribution in [1.82, 2.24) is 10.3 Å². The highest BCUT2D eigenvalue weighted by atomic mass is 16.6. The fraction of sp³-hybridized carbons (Fsp3) is 0.300. The van der Waals surface area contributed by atoms with Gasteiger partial charge in [0.05, 0.1) is 18.2 Å². The van der Waals surface area contributed by atoms with Gasteiger partial charge in [0, 0.05) is 55.1 Å². The third kappa shape index (κ3) is 5.08. The van der Waals surface area contributed by atoms with E-state index < -0.39 is 4.92 Å². The molecule has 9 nitrogen and oxygen atoms in total. The Kier molecular flexibility index (Phi) is 6.40. The van der Waals surface area contributed by atoms with Gasteiger partial charge in [-0.05, 0) is 37.4 Å². The number of methoxy groups -OCH3 is 1. The second-order valence-electron chi connectivity index (χ2n) is 6.72. The number of likely N-dealkylation sites (N-methyl/N-ethyl adjacent to an activating group) is 1. The maximum atomic E-state index is 12.2. The van der Waals surface area contributed by atoms with Crippen molar-refractivity contribution in [3.05, 3.63) is 63.7 Å². The fourth-order valence-corrected chi connectivity index (χ4v) is 3.06. The molecule has 1 aliphatic heterocycles. The molecule has 3 rings (SSSR count). The van der Waals surface area contributed by atoms with Gasteiger partial charge < -0.3 is 14.5 Å². The minimum absolute atomic E-state index is 0.0224. The largest absolute Gasteiger partial charge is 0.497 e. The Balaban J connectivity index is 1.77. The first-order valence-corrected chi connectivity index (χ1v) is 9.17. The topological polar surface area (TPSA) is 100 Å². The number of hydrazone groups is 1. The summed E-state index contributed by atoms with van der Waals surface area (Å²) >= 11 is 0. The smallest absolute Gasteiger partial charge is 0.271 e. The monoisotopic (exact) mass is 397 g/mol. The molecule has 1 fully saturated rings. The van der Waals surface area contributed by atoms with Crippen LogP contribution in [0.3, 0.4) is 0 Å². The summed E-state index contributed by atoms with van der Waals surface area (Å²) in [6.07, 6.45) is 1.45. The van der Waals surface area contributed by atoms with E-state index in [1.54, 1.807) is 37.4 Å². The van der Waals surface area contributed by atoms with E-state index in [4.69, 9.17) is 4.74 Å². The molecular weight excluding hydrogens is 374 g/mol.